The summed E-state index contributed by atoms with van der Waals surface area (Å²) in [6.45, 7) is 6.80. The van der Waals surface area contributed by atoms with Crippen molar-refractivity contribution in [2.24, 2.45) is 11.8 Å². The lowest BCUT2D eigenvalue weighted by atomic mass is 9.72. The minimum atomic E-state index is -1.01. The molecule has 34 heavy (non-hydrogen) atoms. The summed E-state index contributed by atoms with van der Waals surface area (Å²) < 4.78 is 2.13. The highest BCUT2D eigenvalue weighted by Gasteiger charge is 2.41. The average Bonchev–Trinajstić information content (AvgIpc) is 3.66. The molecule has 3 aromatic rings. The van der Waals surface area contributed by atoms with E-state index >= 15 is 0 Å². The number of thiocarbonyl (C=S) groups is 1. The molecule has 2 heterocycles. The Morgan fingerprint density at radius 2 is 1.53 bits per heavy atom. The van der Waals surface area contributed by atoms with E-state index in [-0.39, 0.29) is 5.92 Å². The fourth-order valence-electron chi connectivity index (χ4n) is 5.31. The fourth-order valence-corrected chi connectivity index (χ4v) is 5.59. The molecule has 1 aromatic heterocycles. The van der Waals surface area contributed by atoms with E-state index in [9.17, 15) is 5.11 Å². The van der Waals surface area contributed by atoms with Crippen molar-refractivity contribution in [2.45, 2.75) is 51.7 Å². The summed E-state index contributed by atoms with van der Waals surface area (Å²) in [7, 11) is 0. The van der Waals surface area contributed by atoms with Gasteiger partial charge in [-0.1, -0.05) is 60.7 Å². The second-order valence-electron chi connectivity index (χ2n) is 9.86. The van der Waals surface area contributed by atoms with Gasteiger partial charge in [-0.05, 0) is 74.7 Å². The molecule has 1 saturated heterocycles. The molecule has 178 valence electrons. The van der Waals surface area contributed by atoms with Crippen LogP contribution in [0.2, 0.25) is 0 Å². The Kier molecular flexibility index (Phi) is 6.45. The lowest BCUT2D eigenvalue weighted by Crippen LogP contribution is -2.47. The zero-order chi connectivity index (χ0) is 23.7. The molecule has 0 radical (unpaired) electrons. The number of aryl methyl sites for hydroxylation is 1. The molecular formula is C28H34N4OS. The number of aromatic nitrogens is 2. The van der Waals surface area contributed by atoms with Gasteiger partial charge < -0.3 is 15.3 Å². The van der Waals surface area contributed by atoms with Crippen LogP contribution < -0.4 is 5.32 Å². The fraction of sp³-hybridized carbons (Fsp3) is 0.429. The van der Waals surface area contributed by atoms with Crippen LogP contribution in [0, 0.1) is 25.7 Å². The minimum Gasteiger partial charge on any atom is -0.380 e. The van der Waals surface area contributed by atoms with Gasteiger partial charge in [0.05, 0.1) is 17.1 Å². The molecule has 1 aliphatic heterocycles. The second-order valence-corrected chi connectivity index (χ2v) is 10.2. The third-order valence-corrected chi connectivity index (χ3v) is 7.90. The zero-order valence-electron chi connectivity index (χ0n) is 20.1. The van der Waals surface area contributed by atoms with Gasteiger partial charge in [0.25, 0.3) is 0 Å². The van der Waals surface area contributed by atoms with E-state index in [4.69, 9.17) is 17.3 Å². The number of hydrogen-bond acceptors (Lipinski definition) is 3. The molecule has 1 saturated carbocycles. The molecule has 2 aliphatic rings. The third kappa shape index (κ3) is 4.49. The van der Waals surface area contributed by atoms with Gasteiger partial charge in [-0.3, -0.25) is 4.68 Å². The van der Waals surface area contributed by atoms with Crippen molar-refractivity contribution < 1.29 is 5.11 Å². The first-order chi connectivity index (χ1) is 16.5. The van der Waals surface area contributed by atoms with Crippen LogP contribution in [0.4, 0.5) is 5.69 Å². The van der Waals surface area contributed by atoms with Gasteiger partial charge in [0, 0.05) is 19.6 Å². The summed E-state index contributed by atoms with van der Waals surface area (Å²) in [6, 6.07) is 20.2. The smallest absolute Gasteiger partial charge is 0.173 e. The summed E-state index contributed by atoms with van der Waals surface area (Å²) >= 11 is 5.82. The van der Waals surface area contributed by atoms with E-state index in [2.05, 4.69) is 21.8 Å². The van der Waals surface area contributed by atoms with Crippen LogP contribution >= 0.6 is 12.2 Å². The minimum absolute atomic E-state index is 0.112. The zero-order valence-corrected chi connectivity index (χ0v) is 20.9. The van der Waals surface area contributed by atoms with Crippen molar-refractivity contribution in [3.05, 3.63) is 83.2 Å². The Hall–Kier alpha value is -2.70. The lowest BCUT2D eigenvalue weighted by Gasteiger charge is -2.43. The standard InChI is InChI=1S/C28H34N4OS/c1-20-26(21(2)32(30-20)19-22-13-14-22)29-27(34)31-17-15-25(16-18-31)28(33,23-9-5-3-6-10-23)24-11-7-4-8-12-24/h3-12,22,25,33H,13-19H2,1-2H3,(H,29,34). The summed E-state index contributed by atoms with van der Waals surface area (Å²) in [5, 5.41) is 21.1. The third-order valence-electron chi connectivity index (χ3n) is 7.54. The Morgan fingerprint density at radius 1 is 0.971 bits per heavy atom. The monoisotopic (exact) mass is 474 g/mol. The second kappa shape index (κ2) is 9.51. The van der Waals surface area contributed by atoms with Gasteiger partial charge in [0.15, 0.2) is 5.11 Å². The molecular weight excluding hydrogens is 440 g/mol. The van der Waals surface area contributed by atoms with Crippen molar-refractivity contribution in [2.75, 3.05) is 18.4 Å². The van der Waals surface area contributed by atoms with E-state index in [1.165, 1.54) is 12.8 Å². The highest BCUT2D eigenvalue weighted by Crippen LogP contribution is 2.42. The molecule has 1 aliphatic carbocycles. The summed E-state index contributed by atoms with van der Waals surface area (Å²) in [4.78, 5) is 2.24. The van der Waals surface area contributed by atoms with Gasteiger partial charge in [0.2, 0.25) is 0 Å². The Morgan fingerprint density at radius 3 is 2.06 bits per heavy atom. The van der Waals surface area contributed by atoms with Gasteiger partial charge in [-0.2, -0.15) is 5.10 Å². The van der Waals surface area contributed by atoms with Crippen LogP contribution in [-0.4, -0.2) is 38.0 Å². The molecule has 0 bridgehead atoms. The topological polar surface area (TPSA) is 53.3 Å². The van der Waals surface area contributed by atoms with Crippen LogP contribution in [0.15, 0.2) is 60.7 Å². The molecule has 2 fully saturated rings. The number of anilines is 1. The van der Waals surface area contributed by atoms with E-state index in [1.807, 2.05) is 67.6 Å². The first-order valence-electron chi connectivity index (χ1n) is 12.4. The first kappa shape index (κ1) is 23.1. The van der Waals surface area contributed by atoms with Crippen LogP contribution in [0.3, 0.4) is 0 Å². The molecule has 0 amide bonds. The molecule has 0 unspecified atom stereocenters. The molecule has 2 aromatic carbocycles. The number of hydrogen-bond donors (Lipinski definition) is 2. The van der Waals surface area contributed by atoms with E-state index in [0.29, 0.717) is 0 Å². The Bertz CT molecular complexity index is 1090. The first-order valence-corrected chi connectivity index (χ1v) is 12.8. The maximum Gasteiger partial charge on any atom is 0.173 e. The number of aliphatic hydroxyl groups is 1. The van der Waals surface area contributed by atoms with E-state index < -0.39 is 5.60 Å². The SMILES string of the molecule is Cc1nn(CC2CC2)c(C)c1NC(=S)N1CCC(C(O)(c2ccccc2)c2ccccc2)CC1. The van der Waals surface area contributed by atoms with Gasteiger partial charge >= 0.3 is 0 Å². The number of piperidine rings is 1. The predicted molar refractivity (Wildman–Crippen MR) is 141 cm³/mol. The average molecular weight is 475 g/mol. The molecule has 5 nitrogen and oxygen atoms in total. The maximum atomic E-state index is 12.1. The van der Waals surface area contributed by atoms with Crippen molar-refractivity contribution >= 4 is 23.0 Å². The lowest BCUT2D eigenvalue weighted by molar-refractivity contribution is -0.00631. The molecule has 0 atom stereocenters. The summed E-state index contributed by atoms with van der Waals surface area (Å²) in [5.41, 5.74) is 4.09. The van der Waals surface area contributed by atoms with Gasteiger partial charge in [-0.15, -0.1) is 0 Å². The van der Waals surface area contributed by atoms with Crippen LogP contribution in [0.1, 0.15) is 48.2 Å². The quantitative estimate of drug-likeness (QED) is 0.478. The Labute approximate surface area is 207 Å². The van der Waals surface area contributed by atoms with Crippen molar-refractivity contribution in [1.82, 2.24) is 14.7 Å². The van der Waals surface area contributed by atoms with Crippen molar-refractivity contribution in [3.8, 4) is 0 Å². The number of likely N-dealkylation sites (tertiary alicyclic amines) is 1. The van der Waals surface area contributed by atoms with Crippen molar-refractivity contribution in [3.63, 3.8) is 0 Å². The van der Waals surface area contributed by atoms with Crippen LogP contribution in [0.5, 0.6) is 0 Å². The van der Waals surface area contributed by atoms with Crippen LogP contribution in [0.25, 0.3) is 0 Å². The molecule has 2 N–H and O–H groups in total. The largest absolute Gasteiger partial charge is 0.380 e. The highest BCUT2D eigenvalue weighted by atomic mass is 32.1. The van der Waals surface area contributed by atoms with Gasteiger partial charge in [0.1, 0.15) is 5.60 Å². The van der Waals surface area contributed by atoms with Crippen LogP contribution in [-0.2, 0) is 12.1 Å². The molecule has 5 rings (SSSR count). The molecule has 0 spiro atoms. The van der Waals surface area contributed by atoms with E-state index in [1.54, 1.807) is 0 Å². The Balaban J connectivity index is 1.29. The van der Waals surface area contributed by atoms with Crippen molar-refractivity contribution in [1.29, 1.82) is 0 Å². The van der Waals surface area contributed by atoms with E-state index in [0.717, 1.165) is 71.7 Å². The summed E-state index contributed by atoms with van der Waals surface area (Å²) in [6.07, 6.45) is 4.35. The number of nitrogens with one attached hydrogen (secondary N) is 1. The molecule has 6 heteroatoms. The number of rotatable bonds is 6. The maximum absolute atomic E-state index is 12.1. The number of nitrogens with zero attached hydrogens (tertiary/aromatic N) is 3. The predicted octanol–water partition coefficient (Wildman–Crippen LogP) is 5.25. The highest BCUT2D eigenvalue weighted by molar-refractivity contribution is 7.80. The summed E-state index contributed by atoms with van der Waals surface area (Å²) in [5.74, 6) is 0.894. The van der Waals surface area contributed by atoms with Gasteiger partial charge in [-0.25, -0.2) is 0 Å². The number of benzene rings is 2. The normalized spacial score (nSPS) is 17.1.